The average molecular weight is 254 g/mol. The monoisotopic (exact) mass is 253 g/mol. The summed E-state index contributed by atoms with van der Waals surface area (Å²) in [4.78, 5) is 2.11. The molecule has 0 fully saturated rings. The molecule has 1 rings (SSSR count). The number of halogens is 1. The summed E-state index contributed by atoms with van der Waals surface area (Å²) in [5.74, 6) is 0. The fourth-order valence-corrected chi connectivity index (χ4v) is 1.62. The zero-order valence-electron chi connectivity index (χ0n) is 8.97. The number of hydrogen-bond acceptors (Lipinski definition) is 1. The van der Waals surface area contributed by atoms with Crippen LogP contribution in [0.15, 0.2) is 46.4 Å². The van der Waals surface area contributed by atoms with E-state index >= 15 is 0 Å². The van der Waals surface area contributed by atoms with Crippen LogP contribution in [0.5, 0.6) is 0 Å². The van der Waals surface area contributed by atoms with E-state index in [2.05, 4.69) is 54.4 Å². The van der Waals surface area contributed by atoms with Crippen molar-refractivity contribution in [3.05, 3.63) is 46.4 Å². The van der Waals surface area contributed by atoms with E-state index in [9.17, 15) is 0 Å². The third-order valence-electron chi connectivity index (χ3n) is 2.51. The average Bonchev–Trinajstić information content (AvgIpc) is 2.19. The molecular formula is C12H16BrN. The Labute approximate surface area is 94.6 Å². The highest BCUT2D eigenvalue weighted by Gasteiger charge is 2.10. The van der Waals surface area contributed by atoms with Crippen molar-refractivity contribution in [1.29, 1.82) is 0 Å². The molecule has 1 heterocycles. The Morgan fingerprint density at radius 1 is 1.43 bits per heavy atom. The van der Waals surface area contributed by atoms with Crippen molar-refractivity contribution in [2.75, 3.05) is 0 Å². The van der Waals surface area contributed by atoms with Crippen molar-refractivity contribution in [2.45, 2.75) is 27.2 Å². The molecule has 1 nitrogen and oxygen atoms in total. The maximum atomic E-state index is 4.01. The van der Waals surface area contributed by atoms with Gasteiger partial charge in [-0.2, -0.15) is 0 Å². The van der Waals surface area contributed by atoms with E-state index in [0.717, 1.165) is 16.6 Å². The molecular weight excluding hydrogens is 238 g/mol. The maximum Gasteiger partial charge on any atom is 0.0381 e. The molecule has 0 saturated carbocycles. The Morgan fingerprint density at radius 2 is 2.07 bits per heavy atom. The van der Waals surface area contributed by atoms with Gasteiger partial charge in [0.15, 0.2) is 0 Å². The Morgan fingerprint density at radius 3 is 2.64 bits per heavy atom. The summed E-state index contributed by atoms with van der Waals surface area (Å²) in [5.41, 5.74) is 3.66. The molecule has 0 aliphatic carbocycles. The molecule has 1 aliphatic rings. The molecule has 0 spiro atoms. The summed E-state index contributed by atoms with van der Waals surface area (Å²) in [6.07, 6.45) is 7.14. The number of allylic oxidation sites excluding steroid dienone is 5. The molecule has 0 N–H and O–H groups in total. The summed E-state index contributed by atoms with van der Waals surface area (Å²) in [7, 11) is 0. The topological polar surface area (TPSA) is 3.24 Å². The van der Waals surface area contributed by atoms with Gasteiger partial charge in [-0.15, -0.1) is 0 Å². The lowest BCUT2D eigenvalue weighted by molar-refractivity contribution is 0.579. The van der Waals surface area contributed by atoms with Crippen molar-refractivity contribution in [2.24, 2.45) is 0 Å². The van der Waals surface area contributed by atoms with Gasteiger partial charge in [-0.3, -0.25) is 0 Å². The minimum atomic E-state index is 1.01. The third kappa shape index (κ3) is 2.38. The summed E-state index contributed by atoms with van der Waals surface area (Å²) < 4.78 is 1.08. The van der Waals surface area contributed by atoms with Crippen LogP contribution in [0.3, 0.4) is 0 Å². The second kappa shape index (κ2) is 4.65. The first kappa shape index (κ1) is 11.3. The van der Waals surface area contributed by atoms with Crippen LogP contribution < -0.4 is 0 Å². The summed E-state index contributed by atoms with van der Waals surface area (Å²) in [6.45, 7) is 10.5. The predicted molar refractivity (Wildman–Crippen MR) is 65.8 cm³/mol. The SMILES string of the molecule is C=C1C=CC(Br)=CN1/C(C)=C(\C)CC. The van der Waals surface area contributed by atoms with Gasteiger partial charge in [-0.1, -0.05) is 19.1 Å². The van der Waals surface area contributed by atoms with Gasteiger partial charge >= 0.3 is 0 Å². The van der Waals surface area contributed by atoms with Crippen molar-refractivity contribution in [1.82, 2.24) is 4.90 Å². The molecule has 0 bridgehead atoms. The van der Waals surface area contributed by atoms with Crippen LogP contribution in [-0.4, -0.2) is 4.90 Å². The minimum Gasteiger partial charge on any atom is -0.321 e. The molecule has 76 valence electrons. The molecule has 0 aromatic rings. The van der Waals surface area contributed by atoms with Gasteiger partial charge in [0.05, 0.1) is 0 Å². The normalized spacial score (nSPS) is 18.1. The van der Waals surface area contributed by atoms with E-state index in [1.54, 1.807) is 0 Å². The molecule has 14 heavy (non-hydrogen) atoms. The second-order valence-electron chi connectivity index (χ2n) is 3.43. The van der Waals surface area contributed by atoms with Gasteiger partial charge in [-0.05, 0) is 48.4 Å². The fraction of sp³-hybridized carbons (Fsp3) is 0.333. The van der Waals surface area contributed by atoms with Crippen molar-refractivity contribution in [3.8, 4) is 0 Å². The Hall–Kier alpha value is -0.760. The van der Waals surface area contributed by atoms with E-state index in [-0.39, 0.29) is 0 Å². The first-order valence-electron chi connectivity index (χ1n) is 4.76. The predicted octanol–water partition coefficient (Wildman–Crippen LogP) is 4.31. The molecule has 0 radical (unpaired) electrons. The van der Waals surface area contributed by atoms with E-state index < -0.39 is 0 Å². The Bertz CT molecular complexity index is 334. The van der Waals surface area contributed by atoms with E-state index in [1.165, 1.54) is 11.3 Å². The van der Waals surface area contributed by atoms with Crippen LogP contribution in [0, 0.1) is 0 Å². The van der Waals surface area contributed by atoms with Crippen LogP contribution >= 0.6 is 15.9 Å². The smallest absolute Gasteiger partial charge is 0.0381 e. The van der Waals surface area contributed by atoms with Gasteiger partial charge in [0, 0.05) is 22.1 Å². The molecule has 0 aromatic heterocycles. The molecule has 0 atom stereocenters. The van der Waals surface area contributed by atoms with Crippen molar-refractivity contribution >= 4 is 15.9 Å². The molecule has 0 unspecified atom stereocenters. The number of nitrogens with zero attached hydrogens (tertiary/aromatic N) is 1. The first-order valence-corrected chi connectivity index (χ1v) is 5.55. The molecule has 0 aromatic carbocycles. The Kier molecular flexibility index (Phi) is 3.76. The van der Waals surface area contributed by atoms with E-state index in [4.69, 9.17) is 0 Å². The van der Waals surface area contributed by atoms with E-state index in [0.29, 0.717) is 0 Å². The van der Waals surface area contributed by atoms with Crippen LogP contribution in [0.1, 0.15) is 27.2 Å². The quantitative estimate of drug-likeness (QED) is 0.709. The van der Waals surface area contributed by atoms with Crippen molar-refractivity contribution < 1.29 is 0 Å². The Balaban J connectivity index is 2.99. The fourth-order valence-electron chi connectivity index (χ4n) is 1.28. The lowest BCUT2D eigenvalue weighted by atomic mass is 10.1. The van der Waals surface area contributed by atoms with Crippen LogP contribution in [0.25, 0.3) is 0 Å². The van der Waals surface area contributed by atoms with Crippen molar-refractivity contribution in [3.63, 3.8) is 0 Å². The van der Waals surface area contributed by atoms with Crippen LogP contribution in [-0.2, 0) is 0 Å². The summed E-state index contributed by atoms with van der Waals surface area (Å²) in [6, 6.07) is 0. The lowest BCUT2D eigenvalue weighted by Crippen LogP contribution is -2.16. The number of rotatable bonds is 2. The zero-order valence-corrected chi connectivity index (χ0v) is 10.6. The maximum absolute atomic E-state index is 4.01. The second-order valence-corrected chi connectivity index (χ2v) is 4.34. The van der Waals surface area contributed by atoms with E-state index in [1.807, 2.05) is 12.2 Å². The van der Waals surface area contributed by atoms with Crippen LogP contribution in [0.4, 0.5) is 0 Å². The molecule has 1 aliphatic heterocycles. The summed E-state index contributed by atoms with van der Waals surface area (Å²) in [5, 5.41) is 0. The highest BCUT2D eigenvalue weighted by Crippen LogP contribution is 2.25. The highest BCUT2D eigenvalue weighted by molar-refractivity contribution is 9.11. The molecule has 0 amide bonds. The summed E-state index contributed by atoms with van der Waals surface area (Å²) >= 11 is 3.46. The van der Waals surface area contributed by atoms with Crippen LogP contribution in [0.2, 0.25) is 0 Å². The van der Waals surface area contributed by atoms with Gasteiger partial charge in [0.25, 0.3) is 0 Å². The highest BCUT2D eigenvalue weighted by atomic mass is 79.9. The van der Waals surface area contributed by atoms with Gasteiger partial charge in [-0.25, -0.2) is 0 Å². The van der Waals surface area contributed by atoms with Gasteiger partial charge in [0.2, 0.25) is 0 Å². The lowest BCUT2D eigenvalue weighted by Gasteiger charge is -2.26. The zero-order chi connectivity index (χ0) is 10.7. The molecule has 0 saturated heterocycles. The minimum absolute atomic E-state index is 1.01. The molecule has 2 heteroatoms. The number of hydrogen-bond donors (Lipinski definition) is 0. The van der Waals surface area contributed by atoms with Gasteiger partial charge < -0.3 is 4.90 Å². The standard InChI is InChI=1S/C12H16BrN/c1-5-9(2)11(4)14-8-12(13)7-6-10(14)3/h6-8H,3,5H2,1-2,4H3/b11-9+. The van der Waals surface area contributed by atoms with Gasteiger partial charge in [0.1, 0.15) is 0 Å². The largest absolute Gasteiger partial charge is 0.321 e. The first-order chi connectivity index (χ1) is 6.56. The third-order valence-corrected chi connectivity index (χ3v) is 2.98.